The van der Waals surface area contributed by atoms with Crippen LogP contribution < -0.4 is 62.2 Å². The van der Waals surface area contributed by atoms with Gasteiger partial charge in [-0.1, -0.05) is 60.7 Å². The average Bonchev–Trinajstić information content (AvgIpc) is 3.13. The molecule has 0 radical (unpaired) electrons. The predicted octanol–water partition coefficient (Wildman–Crippen LogP) is 2.13. The second-order valence-corrected chi connectivity index (χ2v) is 8.13. The number of nitrogens with one attached hydrogen (secondary N) is 1. The molecule has 3 aromatic carbocycles. The molecule has 176 valence electrons. The van der Waals surface area contributed by atoms with Gasteiger partial charge in [-0.3, -0.25) is 10.1 Å². The summed E-state index contributed by atoms with van der Waals surface area (Å²) in [6.45, 7) is -3.79. The molecule has 0 heterocycles. The van der Waals surface area contributed by atoms with E-state index in [-0.39, 0.29) is 81.6 Å². The van der Waals surface area contributed by atoms with Crippen LogP contribution >= 0.6 is 0 Å². The van der Waals surface area contributed by atoms with E-state index in [2.05, 4.69) is 10.1 Å². The summed E-state index contributed by atoms with van der Waals surface area (Å²) in [5, 5.41) is 2.42. The van der Waals surface area contributed by atoms with Gasteiger partial charge in [-0.15, -0.1) is 5.46 Å². The Bertz CT molecular complexity index is 1220. The van der Waals surface area contributed by atoms with Crippen molar-refractivity contribution in [2.75, 3.05) is 19.0 Å². The van der Waals surface area contributed by atoms with Crippen LogP contribution in [-0.4, -0.2) is 32.8 Å². The number of anilines is 1. The molecule has 1 N–H and O–H groups in total. The van der Waals surface area contributed by atoms with Crippen LogP contribution in [-0.2, 0) is 20.7 Å². The van der Waals surface area contributed by atoms with E-state index in [1.807, 2.05) is 48.5 Å². The van der Waals surface area contributed by atoms with E-state index in [1.165, 1.54) is 6.92 Å². The fourth-order valence-electron chi connectivity index (χ4n) is 4.27. The molecule has 10 heteroatoms. The smallest absolute Gasteiger partial charge is 0.469 e. The molecular weight excluding hydrogens is 485 g/mol. The molecule has 0 aliphatic heterocycles. The molecule has 0 atom stereocenters. The number of fused-ring (bicyclic) bond motifs is 3. The van der Waals surface area contributed by atoms with Gasteiger partial charge < -0.3 is 22.4 Å². The number of hydrogen-bond donors (Lipinski definition) is 1. The molecule has 0 unspecified atom stereocenters. The van der Waals surface area contributed by atoms with Gasteiger partial charge in [-0.2, -0.15) is 0 Å². The summed E-state index contributed by atoms with van der Waals surface area (Å²) in [6, 6.07) is 17.4. The van der Waals surface area contributed by atoms with Crippen molar-refractivity contribution in [2.45, 2.75) is 19.3 Å². The van der Waals surface area contributed by atoms with E-state index in [1.54, 1.807) is 0 Å². The maximum atomic E-state index is 13.5. The van der Waals surface area contributed by atoms with Crippen molar-refractivity contribution in [2.24, 2.45) is 0 Å². The molecular formula is C25H22BF3KNO4. The van der Waals surface area contributed by atoms with Crippen molar-refractivity contribution in [1.82, 2.24) is 0 Å². The molecule has 0 spiro atoms. The Morgan fingerprint density at radius 3 is 2.09 bits per heavy atom. The maximum absolute atomic E-state index is 13.5. The summed E-state index contributed by atoms with van der Waals surface area (Å²) >= 11 is 0. The third-order valence-corrected chi connectivity index (χ3v) is 6.06. The molecule has 1 amide bonds. The molecule has 35 heavy (non-hydrogen) atoms. The van der Waals surface area contributed by atoms with Gasteiger partial charge in [-0.25, -0.2) is 4.79 Å². The number of benzene rings is 3. The standard InChI is InChI=1S/C25H22BF3NO4.K/c1-15-16(12-24(31)33-2)11-17(26(27,28)29)13-23(15)30-25(32)34-14-22-20-9-5-3-7-18(20)19-8-4-6-10-21(19)22;/h3-11,13,22H,12,14H2,1-2H3,(H,30,32);/q-1;+1. The first kappa shape index (κ1) is 27.5. The van der Waals surface area contributed by atoms with Crippen LogP contribution in [0.15, 0.2) is 60.7 Å². The topological polar surface area (TPSA) is 64.6 Å². The molecule has 3 aromatic rings. The number of ether oxygens (including phenoxy) is 2. The van der Waals surface area contributed by atoms with Crippen molar-refractivity contribution < 1.29 is 83.4 Å². The number of amides is 1. The van der Waals surface area contributed by atoms with Crippen molar-refractivity contribution in [3.63, 3.8) is 0 Å². The quantitative estimate of drug-likeness (QED) is 0.411. The van der Waals surface area contributed by atoms with E-state index < -0.39 is 24.5 Å². The molecule has 0 fully saturated rings. The second-order valence-electron chi connectivity index (χ2n) is 8.13. The summed E-state index contributed by atoms with van der Waals surface area (Å²) in [4.78, 5) is 24.3. The Morgan fingerprint density at radius 1 is 0.971 bits per heavy atom. The molecule has 0 bridgehead atoms. The number of carbonyl (C=O) groups is 2. The molecule has 0 saturated carbocycles. The fourth-order valence-corrected chi connectivity index (χ4v) is 4.27. The van der Waals surface area contributed by atoms with Gasteiger partial charge in [0.1, 0.15) is 6.61 Å². The number of hydrogen-bond acceptors (Lipinski definition) is 4. The van der Waals surface area contributed by atoms with Crippen LogP contribution in [0.4, 0.5) is 23.4 Å². The van der Waals surface area contributed by atoms with Gasteiger partial charge in [0.15, 0.2) is 0 Å². The van der Waals surface area contributed by atoms with Gasteiger partial charge in [0, 0.05) is 11.6 Å². The average molecular weight is 507 g/mol. The number of rotatable bonds is 6. The van der Waals surface area contributed by atoms with Gasteiger partial charge in [0.2, 0.25) is 0 Å². The summed E-state index contributed by atoms with van der Waals surface area (Å²) < 4.78 is 50.4. The summed E-state index contributed by atoms with van der Waals surface area (Å²) in [7, 11) is 1.16. The normalized spacial score (nSPS) is 12.3. The van der Waals surface area contributed by atoms with Crippen molar-refractivity contribution in [1.29, 1.82) is 0 Å². The van der Waals surface area contributed by atoms with Crippen molar-refractivity contribution in [3.05, 3.63) is 82.9 Å². The van der Waals surface area contributed by atoms with Crippen LogP contribution in [0, 0.1) is 6.92 Å². The van der Waals surface area contributed by atoms with E-state index in [0.29, 0.717) is 5.56 Å². The van der Waals surface area contributed by atoms with Crippen LogP contribution in [0.5, 0.6) is 0 Å². The minimum Gasteiger partial charge on any atom is -0.469 e. The molecule has 1 aliphatic carbocycles. The van der Waals surface area contributed by atoms with Gasteiger partial charge >= 0.3 is 70.4 Å². The van der Waals surface area contributed by atoms with Crippen LogP contribution in [0.25, 0.3) is 11.1 Å². The zero-order valence-electron chi connectivity index (χ0n) is 19.6. The van der Waals surface area contributed by atoms with Gasteiger partial charge in [0.25, 0.3) is 0 Å². The maximum Gasteiger partial charge on any atom is 1.00 e. The van der Waals surface area contributed by atoms with Gasteiger partial charge in [-0.05, 0) is 40.3 Å². The van der Waals surface area contributed by atoms with Crippen molar-refractivity contribution >= 4 is 30.2 Å². The summed E-state index contributed by atoms with van der Waals surface area (Å²) in [6.07, 6.45) is -1.22. The molecule has 0 saturated heterocycles. The molecule has 4 rings (SSSR count). The Hall–Kier alpha value is -2.11. The SMILES string of the molecule is COC(=O)Cc1cc([B-](F)(F)F)cc(NC(=O)OCC2c3ccccc3-c3ccccc32)c1C.[K+]. The van der Waals surface area contributed by atoms with Crippen LogP contribution in [0.1, 0.15) is 28.2 Å². The Morgan fingerprint density at radius 2 is 1.54 bits per heavy atom. The molecule has 1 aliphatic rings. The molecule has 5 nitrogen and oxygen atoms in total. The third-order valence-electron chi connectivity index (χ3n) is 6.06. The Kier molecular flexibility index (Phi) is 8.87. The van der Waals surface area contributed by atoms with E-state index in [9.17, 15) is 22.5 Å². The van der Waals surface area contributed by atoms with Gasteiger partial charge in [0.05, 0.1) is 13.5 Å². The number of carbonyl (C=O) groups excluding carboxylic acids is 2. The summed E-state index contributed by atoms with van der Waals surface area (Å²) in [5.41, 5.74) is 3.65. The molecule has 0 aromatic heterocycles. The first-order valence-electron chi connectivity index (χ1n) is 10.7. The first-order valence-corrected chi connectivity index (χ1v) is 10.7. The largest absolute Gasteiger partial charge is 1.00 e. The second kappa shape index (κ2) is 11.3. The fraction of sp³-hybridized carbons (Fsp3) is 0.200. The third kappa shape index (κ3) is 6.00. The number of esters is 1. The minimum absolute atomic E-state index is 0. The van der Waals surface area contributed by atoms with E-state index >= 15 is 0 Å². The summed E-state index contributed by atoms with van der Waals surface area (Å²) in [5.74, 6) is -0.860. The number of methoxy groups -OCH3 is 1. The predicted molar refractivity (Wildman–Crippen MR) is 124 cm³/mol. The zero-order chi connectivity index (χ0) is 24.5. The Labute approximate surface area is 243 Å². The van der Waals surface area contributed by atoms with Crippen molar-refractivity contribution in [3.8, 4) is 11.1 Å². The van der Waals surface area contributed by atoms with E-state index in [4.69, 9.17) is 4.74 Å². The number of halogens is 3. The Balaban J connectivity index is 0.00000342. The van der Waals surface area contributed by atoms with Crippen LogP contribution in [0.2, 0.25) is 0 Å². The van der Waals surface area contributed by atoms with E-state index in [0.717, 1.165) is 41.5 Å². The minimum atomic E-state index is -5.35. The zero-order valence-corrected chi connectivity index (χ0v) is 22.7. The van der Waals surface area contributed by atoms with Crippen LogP contribution in [0.3, 0.4) is 0 Å². The monoisotopic (exact) mass is 507 g/mol. The first-order chi connectivity index (χ1) is 16.2.